The van der Waals surface area contributed by atoms with Crippen LogP contribution in [-0.4, -0.2) is 98.0 Å². The molecule has 0 aromatic heterocycles. The first-order valence-corrected chi connectivity index (χ1v) is 15.2. The quantitative estimate of drug-likeness (QED) is 0.503. The molecular weight excluding hydrogens is 563 g/mol. The zero-order valence-corrected chi connectivity index (χ0v) is 25.2. The number of nitrogens with zero attached hydrogens (tertiary/aromatic N) is 4. The summed E-state index contributed by atoms with van der Waals surface area (Å²) in [5.41, 5.74) is 2.67. The molecule has 0 radical (unpaired) electrons. The summed E-state index contributed by atoms with van der Waals surface area (Å²) in [7, 11) is 1.85. The number of anilines is 1. The second-order valence-corrected chi connectivity index (χ2v) is 12.1. The minimum atomic E-state index is -0.124. The van der Waals surface area contributed by atoms with Gasteiger partial charge in [-0.05, 0) is 61.2 Å². The molecule has 2 unspecified atom stereocenters. The Morgan fingerprint density at radius 2 is 1.51 bits per heavy atom. The van der Waals surface area contributed by atoms with E-state index in [-0.39, 0.29) is 35.6 Å². The molecule has 0 spiro atoms. The number of rotatable bonds is 5. The summed E-state index contributed by atoms with van der Waals surface area (Å²) < 4.78 is 5.45. The van der Waals surface area contributed by atoms with Crippen LogP contribution in [0.1, 0.15) is 48.0 Å². The van der Waals surface area contributed by atoms with Gasteiger partial charge in [0, 0.05) is 82.4 Å². The van der Waals surface area contributed by atoms with Gasteiger partial charge in [-0.15, -0.1) is 0 Å². The molecule has 10 heteroatoms. The van der Waals surface area contributed by atoms with Gasteiger partial charge in [-0.2, -0.15) is 0 Å². The summed E-state index contributed by atoms with van der Waals surface area (Å²) in [5, 5.41) is 0.924. The summed E-state index contributed by atoms with van der Waals surface area (Å²) in [6, 6.07) is 13.2. The van der Waals surface area contributed by atoms with Crippen LogP contribution in [-0.2, 0) is 14.3 Å². The van der Waals surface area contributed by atoms with Crippen LogP contribution in [0.4, 0.5) is 5.69 Å². The number of carbonyl (C=O) groups is 3. The van der Waals surface area contributed by atoms with Gasteiger partial charge in [0.1, 0.15) is 0 Å². The molecule has 0 aliphatic carbocycles. The monoisotopic (exact) mass is 600 g/mol. The highest BCUT2D eigenvalue weighted by molar-refractivity contribution is 6.42. The minimum Gasteiger partial charge on any atom is -0.378 e. The Labute approximate surface area is 252 Å². The van der Waals surface area contributed by atoms with Crippen LogP contribution in [0, 0.1) is 5.92 Å². The van der Waals surface area contributed by atoms with Crippen molar-refractivity contribution in [3.05, 3.63) is 63.6 Å². The van der Waals surface area contributed by atoms with Crippen LogP contribution in [0.5, 0.6) is 0 Å². The largest absolute Gasteiger partial charge is 0.378 e. The number of piperidine rings is 2. The fourth-order valence-electron chi connectivity index (χ4n) is 6.36. The van der Waals surface area contributed by atoms with Gasteiger partial charge in [-0.3, -0.25) is 14.4 Å². The lowest BCUT2D eigenvalue weighted by molar-refractivity contribution is -0.141. The van der Waals surface area contributed by atoms with Crippen molar-refractivity contribution < 1.29 is 19.1 Å². The topological polar surface area (TPSA) is 73.4 Å². The highest BCUT2D eigenvalue weighted by Crippen LogP contribution is 2.36. The van der Waals surface area contributed by atoms with Gasteiger partial charge in [-0.1, -0.05) is 29.3 Å². The van der Waals surface area contributed by atoms with E-state index in [1.54, 1.807) is 13.0 Å². The fourth-order valence-corrected chi connectivity index (χ4v) is 6.67. The van der Waals surface area contributed by atoms with Crippen molar-refractivity contribution >= 4 is 46.6 Å². The van der Waals surface area contributed by atoms with Gasteiger partial charge in [0.2, 0.25) is 11.8 Å². The SMILES string of the molecule is CC(=O)N1CCC(C(=O)N2CCC(N(C)C(=O)c3ccc(N4CCOCC4)cc3)C(c3ccc(Cl)c(Cl)c3)C2)CC1. The Balaban J connectivity index is 1.32. The van der Waals surface area contributed by atoms with Gasteiger partial charge in [0.25, 0.3) is 5.91 Å². The number of benzene rings is 2. The van der Waals surface area contributed by atoms with Crippen LogP contribution in [0.15, 0.2) is 42.5 Å². The van der Waals surface area contributed by atoms with Crippen LogP contribution in [0.3, 0.4) is 0 Å². The first-order chi connectivity index (χ1) is 19.7. The number of ether oxygens (including phenoxy) is 1. The van der Waals surface area contributed by atoms with E-state index in [2.05, 4.69) is 4.90 Å². The lowest BCUT2D eigenvalue weighted by Gasteiger charge is -2.44. The number of carbonyl (C=O) groups excluding carboxylic acids is 3. The highest BCUT2D eigenvalue weighted by Gasteiger charge is 2.39. The number of likely N-dealkylation sites (N-methyl/N-ethyl adjacent to an activating group) is 1. The Morgan fingerprint density at radius 3 is 2.15 bits per heavy atom. The van der Waals surface area contributed by atoms with E-state index in [1.165, 1.54) is 0 Å². The van der Waals surface area contributed by atoms with Crippen molar-refractivity contribution in [1.29, 1.82) is 0 Å². The van der Waals surface area contributed by atoms with E-state index in [0.29, 0.717) is 74.3 Å². The van der Waals surface area contributed by atoms with E-state index in [1.807, 2.05) is 58.1 Å². The molecule has 3 heterocycles. The number of amides is 3. The smallest absolute Gasteiger partial charge is 0.253 e. The average Bonchev–Trinajstić information content (AvgIpc) is 3.01. The van der Waals surface area contributed by atoms with E-state index in [0.717, 1.165) is 24.3 Å². The molecule has 2 aromatic carbocycles. The predicted octanol–water partition coefficient (Wildman–Crippen LogP) is 4.55. The molecule has 3 amide bonds. The number of morpholine rings is 1. The molecule has 2 aromatic rings. The Hall–Kier alpha value is -2.81. The van der Waals surface area contributed by atoms with Crippen molar-refractivity contribution in [2.24, 2.45) is 5.92 Å². The third-order valence-corrected chi connectivity index (χ3v) is 9.60. The zero-order valence-electron chi connectivity index (χ0n) is 23.7. The third-order valence-electron chi connectivity index (χ3n) is 8.86. The Kier molecular flexibility index (Phi) is 9.42. The summed E-state index contributed by atoms with van der Waals surface area (Å²) in [6.45, 7) is 6.95. The first-order valence-electron chi connectivity index (χ1n) is 14.4. The van der Waals surface area contributed by atoms with Crippen LogP contribution < -0.4 is 4.90 Å². The van der Waals surface area contributed by atoms with Gasteiger partial charge in [0.05, 0.1) is 23.3 Å². The second-order valence-electron chi connectivity index (χ2n) is 11.3. The average molecular weight is 602 g/mol. The number of hydrogen-bond donors (Lipinski definition) is 0. The maximum Gasteiger partial charge on any atom is 0.253 e. The van der Waals surface area contributed by atoms with Gasteiger partial charge < -0.3 is 24.3 Å². The van der Waals surface area contributed by atoms with Crippen LogP contribution >= 0.6 is 23.2 Å². The summed E-state index contributed by atoms with van der Waals surface area (Å²) in [5.74, 6) is -0.0866. The molecule has 220 valence electrons. The maximum absolute atomic E-state index is 13.7. The molecule has 41 heavy (non-hydrogen) atoms. The predicted molar refractivity (Wildman–Crippen MR) is 161 cm³/mol. The molecular formula is C31H38Cl2N4O4. The zero-order chi connectivity index (χ0) is 29.1. The Bertz CT molecular complexity index is 1260. The molecule has 8 nitrogen and oxygen atoms in total. The number of hydrogen-bond acceptors (Lipinski definition) is 5. The molecule has 0 N–H and O–H groups in total. The minimum absolute atomic E-state index is 0.0510. The summed E-state index contributed by atoms with van der Waals surface area (Å²) in [6.07, 6.45) is 2.00. The van der Waals surface area contributed by atoms with Crippen molar-refractivity contribution in [2.75, 3.05) is 64.4 Å². The van der Waals surface area contributed by atoms with Gasteiger partial charge >= 0.3 is 0 Å². The molecule has 5 rings (SSSR count). The molecule has 2 atom stereocenters. The van der Waals surface area contributed by atoms with Crippen LogP contribution in [0.25, 0.3) is 0 Å². The van der Waals surface area contributed by atoms with Crippen molar-refractivity contribution in [2.45, 2.75) is 38.1 Å². The first kappa shape index (κ1) is 29.7. The van der Waals surface area contributed by atoms with E-state index in [4.69, 9.17) is 27.9 Å². The summed E-state index contributed by atoms with van der Waals surface area (Å²) >= 11 is 12.7. The van der Waals surface area contributed by atoms with Crippen LogP contribution in [0.2, 0.25) is 10.0 Å². The van der Waals surface area contributed by atoms with Crippen molar-refractivity contribution in [1.82, 2.24) is 14.7 Å². The number of likely N-dealkylation sites (tertiary alicyclic amines) is 2. The molecule has 3 aliphatic rings. The van der Waals surface area contributed by atoms with E-state index in [9.17, 15) is 14.4 Å². The molecule has 0 bridgehead atoms. The molecule has 3 fully saturated rings. The van der Waals surface area contributed by atoms with Crippen molar-refractivity contribution in [3.63, 3.8) is 0 Å². The summed E-state index contributed by atoms with van der Waals surface area (Å²) in [4.78, 5) is 46.9. The van der Waals surface area contributed by atoms with Gasteiger partial charge in [0.15, 0.2) is 0 Å². The normalized spacial score (nSPS) is 22.0. The maximum atomic E-state index is 13.7. The second kappa shape index (κ2) is 13.0. The van der Waals surface area contributed by atoms with E-state index < -0.39 is 0 Å². The standard InChI is InChI=1S/C31H38Cl2N4O4/c1-21(38)35-12-9-23(10-13-35)31(40)37-14-11-29(26(20-37)24-5-8-27(32)28(33)19-24)34(2)30(39)22-3-6-25(7-4-22)36-15-17-41-18-16-36/h3-8,19,23,26,29H,9-18,20H2,1-2H3. The lowest BCUT2D eigenvalue weighted by Crippen LogP contribution is -2.53. The fraction of sp³-hybridized carbons (Fsp3) is 0.516. The van der Waals surface area contributed by atoms with E-state index >= 15 is 0 Å². The highest BCUT2D eigenvalue weighted by atomic mass is 35.5. The van der Waals surface area contributed by atoms with Gasteiger partial charge in [-0.25, -0.2) is 0 Å². The number of halogens is 2. The Morgan fingerprint density at radius 1 is 0.854 bits per heavy atom. The molecule has 3 saturated heterocycles. The molecule has 3 aliphatic heterocycles. The van der Waals surface area contributed by atoms with Crippen molar-refractivity contribution in [3.8, 4) is 0 Å². The molecule has 0 saturated carbocycles. The lowest BCUT2D eigenvalue weighted by atomic mass is 9.83. The third kappa shape index (κ3) is 6.65.